The van der Waals surface area contributed by atoms with Gasteiger partial charge in [-0.05, 0) is 45.2 Å². The molecule has 0 aromatic carbocycles. The fourth-order valence-corrected chi connectivity index (χ4v) is 4.91. The van der Waals surface area contributed by atoms with Crippen molar-refractivity contribution in [1.29, 1.82) is 0 Å². The average Bonchev–Trinajstić information content (AvgIpc) is 3.45. The zero-order chi connectivity index (χ0) is 23.6. The van der Waals surface area contributed by atoms with Crippen LogP contribution >= 0.6 is 0 Å². The van der Waals surface area contributed by atoms with Crippen molar-refractivity contribution in [3.8, 4) is 11.4 Å². The van der Waals surface area contributed by atoms with Gasteiger partial charge in [0.25, 0.3) is 0 Å². The highest BCUT2D eigenvalue weighted by Gasteiger charge is 2.35. The molecule has 4 rings (SSSR count). The molecule has 0 N–H and O–H groups in total. The topological polar surface area (TPSA) is 59.3 Å². The summed E-state index contributed by atoms with van der Waals surface area (Å²) >= 11 is 0. The second-order valence-corrected chi connectivity index (χ2v) is 9.30. The van der Waals surface area contributed by atoms with Gasteiger partial charge in [0.2, 0.25) is 0 Å². The highest BCUT2D eigenvalue weighted by atomic mass is 19.4. The van der Waals surface area contributed by atoms with Crippen LogP contribution in [0.25, 0.3) is 11.4 Å². The summed E-state index contributed by atoms with van der Waals surface area (Å²) in [6, 6.07) is 3.04. The van der Waals surface area contributed by atoms with E-state index in [9.17, 15) is 13.2 Å². The lowest BCUT2D eigenvalue weighted by atomic mass is 10.1. The Labute approximate surface area is 192 Å². The third-order valence-electron chi connectivity index (χ3n) is 6.76. The number of pyridine rings is 1. The van der Waals surface area contributed by atoms with Crippen LogP contribution in [0.1, 0.15) is 56.6 Å². The zero-order valence-corrected chi connectivity index (χ0v) is 19.6. The number of methoxy groups -OCH3 is 1. The van der Waals surface area contributed by atoms with Gasteiger partial charge in [-0.25, -0.2) is 9.67 Å². The van der Waals surface area contributed by atoms with Crippen LogP contribution < -0.4 is 0 Å². The van der Waals surface area contributed by atoms with Gasteiger partial charge in [0.05, 0.1) is 6.61 Å². The second kappa shape index (κ2) is 10.1. The first kappa shape index (κ1) is 24.1. The maximum absolute atomic E-state index is 12.9. The van der Waals surface area contributed by atoms with E-state index in [1.54, 1.807) is 7.11 Å². The number of ether oxygens (including phenoxy) is 1. The smallest absolute Gasteiger partial charge is 0.383 e. The Morgan fingerprint density at radius 2 is 1.88 bits per heavy atom. The predicted octanol–water partition coefficient (Wildman–Crippen LogP) is 3.84. The number of nitrogens with zero attached hydrogens (tertiary/aromatic N) is 6. The molecular formula is C23H33F3N6O. The van der Waals surface area contributed by atoms with E-state index in [1.165, 1.54) is 12.3 Å². The SMILES string of the molecule is COCCN1CCN([C@H]2CC[C@@H](c3nc(-c4ccc(C(F)(F)F)nc4)nn3C(C)C)C2)CC1. The molecule has 1 saturated heterocycles. The van der Waals surface area contributed by atoms with Crippen LogP contribution in [0.15, 0.2) is 18.3 Å². The van der Waals surface area contributed by atoms with Crippen LogP contribution in [0.4, 0.5) is 13.2 Å². The van der Waals surface area contributed by atoms with E-state index in [0.717, 1.165) is 70.5 Å². The van der Waals surface area contributed by atoms with E-state index in [-0.39, 0.29) is 6.04 Å². The molecule has 2 aromatic heterocycles. The van der Waals surface area contributed by atoms with Gasteiger partial charge in [-0.3, -0.25) is 14.8 Å². The number of piperazine rings is 1. The summed E-state index contributed by atoms with van der Waals surface area (Å²) in [4.78, 5) is 13.4. The van der Waals surface area contributed by atoms with Gasteiger partial charge >= 0.3 is 6.18 Å². The van der Waals surface area contributed by atoms with E-state index in [4.69, 9.17) is 9.72 Å². The first-order chi connectivity index (χ1) is 15.8. The van der Waals surface area contributed by atoms with Gasteiger partial charge in [0.1, 0.15) is 11.5 Å². The van der Waals surface area contributed by atoms with Crippen molar-refractivity contribution >= 4 is 0 Å². The highest BCUT2D eigenvalue weighted by Crippen LogP contribution is 2.38. The zero-order valence-electron chi connectivity index (χ0n) is 19.6. The molecule has 2 atom stereocenters. The predicted molar refractivity (Wildman–Crippen MR) is 119 cm³/mol. The number of alkyl halides is 3. The molecule has 1 aliphatic carbocycles. The lowest BCUT2D eigenvalue weighted by Crippen LogP contribution is -2.50. The van der Waals surface area contributed by atoms with E-state index >= 15 is 0 Å². The molecular weight excluding hydrogens is 433 g/mol. The molecule has 0 bridgehead atoms. The van der Waals surface area contributed by atoms with Gasteiger partial charge in [-0.15, -0.1) is 0 Å². The minimum absolute atomic E-state index is 0.118. The summed E-state index contributed by atoms with van der Waals surface area (Å²) in [5.74, 6) is 1.67. The Morgan fingerprint density at radius 3 is 2.48 bits per heavy atom. The third kappa shape index (κ3) is 5.55. The summed E-state index contributed by atoms with van der Waals surface area (Å²) in [5.41, 5.74) is -0.402. The first-order valence-electron chi connectivity index (χ1n) is 11.7. The van der Waals surface area contributed by atoms with Crippen LogP contribution in [0, 0.1) is 0 Å². The van der Waals surface area contributed by atoms with Gasteiger partial charge in [-0.1, -0.05) is 0 Å². The standard InChI is InChI=1S/C23H33F3N6O/c1-16(2)32-22(28-21(29-32)18-5-7-20(27-15-18)23(24,25)26)17-4-6-19(14-17)31-10-8-30(9-11-31)12-13-33-3/h5,7,15-17,19H,4,6,8-14H2,1-3H3/t17-,19+/m1/s1. The molecule has 10 heteroatoms. The molecule has 3 heterocycles. The van der Waals surface area contributed by atoms with Crippen molar-refractivity contribution in [2.24, 2.45) is 0 Å². The molecule has 182 valence electrons. The Balaban J connectivity index is 1.44. The largest absolute Gasteiger partial charge is 0.433 e. The highest BCUT2D eigenvalue weighted by molar-refractivity contribution is 5.53. The number of rotatable bonds is 7. The van der Waals surface area contributed by atoms with Crippen LogP contribution in [0.3, 0.4) is 0 Å². The maximum atomic E-state index is 12.9. The number of aromatic nitrogens is 4. The van der Waals surface area contributed by atoms with Crippen LogP contribution in [-0.4, -0.2) is 82.0 Å². The minimum atomic E-state index is -4.46. The Morgan fingerprint density at radius 1 is 1.12 bits per heavy atom. The quantitative estimate of drug-likeness (QED) is 0.618. The third-order valence-corrected chi connectivity index (χ3v) is 6.76. The molecule has 1 saturated carbocycles. The van der Waals surface area contributed by atoms with Crippen LogP contribution in [-0.2, 0) is 10.9 Å². The first-order valence-corrected chi connectivity index (χ1v) is 11.7. The maximum Gasteiger partial charge on any atom is 0.433 e. The van der Waals surface area contributed by atoms with Crippen molar-refractivity contribution in [1.82, 2.24) is 29.5 Å². The molecule has 0 spiro atoms. The van der Waals surface area contributed by atoms with Crippen molar-refractivity contribution in [2.75, 3.05) is 46.4 Å². The van der Waals surface area contributed by atoms with Crippen molar-refractivity contribution in [3.63, 3.8) is 0 Å². The Hall–Kier alpha value is -2.04. The summed E-state index contributed by atoms with van der Waals surface area (Å²) in [7, 11) is 1.74. The van der Waals surface area contributed by atoms with Crippen molar-refractivity contribution in [3.05, 3.63) is 29.8 Å². The molecule has 7 nitrogen and oxygen atoms in total. The molecule has 0 amide bonds. The molecule has 0 radical (unpaired) electrons. The Bertz CT molecular complexity index is 906. The summed E-state index contributed by atoms with van der Waals surface area (Å²) in [6.45, 7) is 10.1. The van der Waals surface area contributed by atoms with Gasteiger partial charge < -0.3 is 4.74 Å². The Kier molecular flexibility index (Phi) is 7.35. The normalized spacial score (nSPS) is 23.0. The monoisotopic (exact) mass is 466 g/mol. The van der Waals surface area contributed by atoms with E-state index in [2.05, 4.69) is 33.7 Å². The summed E-state index contributed by atoms with van der Waals surface area (Å²) in [5, 5.41) is 4.64. The van der Waals surface area contributed by atoms with Gasteiger partial charge in [0, 0.05) is 69.6 Å². The fourth-order valence-electron chi connectivity index (χ4n) is 4.91. The molecule has 2 fully saturated rings. The summed E-state index contributed by atoms with van der Waals surface area (Å²) in [6.07, 6.45) is -0.0284. The van der Waals surface area contributed by atoms with Crippen molar-refractivity contribution in [2.45, 2.75) is 57.3 Å². The van der Waals surface area contributed by atoms with Crippen LogP contribution in [0.2, 0.25) is 0 Å². The molecule has 2 aromatic rings. The second-order valence-electron chi connectivity index (χ2n) is 9.30. The molecule has 33 heavy (non-hydrogen) atoms. The minimum Gasteiger partial charge on any atom is -0.383 e. The van der Waals surface area contributed by atoms with Crippen LogP contribution in [0.5, 0.6) is 0 Å². The van der Waals surface area contributed by atoms with Gasteiger partial charge in [0.15, 0.2) is 5.82 Å². The molecule has 2 aliphatic rings. The lowest BCUT2D eigenvalue weighted by Gasteiger charge is -2.38. The number of halogens is 3. The lowest BCUT2D eigenvalue weighted by molar-refractivity contribution is -0.141. The fraction of sp³-hybridized carbons (Fsp3) is 0.696. The van der Waals surface area contributed by atoms with Crippen molar-refractivity contribution < 1.29 is 17.9 Å². The number of hydrogen-bond donors (Lipinski definition) is 0. The number of hydrogen-bond acceptors (Lipinski definition) is 6. The van der Waals surface area contributed by atoms with E-state index < -0.39 is 11.9 Å². The summed E-state index contributed by atoms with van der Waals surface area (Å²) < 4.78 is 45.7. The average molecular weight is 467 g/mol. The van der Waals surface area contributed by atoms with E-state index in [0.29, 0.717) is 23.3 Å². The van der Waals surface area contributed by atoms with Gasteiger partial charge in [-0.2, -0.15) is 18.3 Å². The van der Waals surface area contributed by atoms with E-state index in [1.807, 2.05) is 4.68 Å². The molecule has 0 unspecified atom stereocenters. The molecule has 1 aliphatic heterocycles.